The molecule has 0 saturated heterocycles. The van der Waals surface area contributed by atoms with Gasteiger partial charge >= 0.3 is 0 Å². The van der Waals surface area contributed by atoms with Crippen LogP contribution in [0.25, 0.3) is 0 Å². The molecule has 0 radical (unpaired) electrons. The monoisotopic (exact) mass is 418 g/mol. The van der Waals surface area contributed by atoms with Crippen LogP contribution in [0.1, 0.15) is 76.8 Å². The maximum atomic E-state index is 8.65. The molecule has 0 bridgehead atoms. The summed E-state index contributed by atoms with van der Waals surface area (Å²) in [7, 11) is 0. The van der Waals surface area contributed by atoms with Crippen molar-refractivity contribution in [3.05, 3.63) is 30.1 Å². The van der Waals surface area contributed by atoms with Gasteiger partial charge in [-0.05, 0) is 12.5 Å². The van der Waals surface area contributed by atoms with Gasteiger partial charge < -0.3 is 29.2 Å². The SMILES string of the molecule is CCCCCCCCCCCC[n+]1ccccc1/C=N\O.[I-]. The van der Waals surface area contributed by atoms with Crippen LogP contribution < -0.4 is 28.5 Å². The van der Waals surface area contributed by atoms with Crippen molar-refractivity contribution in [2.75, 3.05) is 0 Å². The van der Waals surface area contributed by atoms with Crippen molar-refractivity contribution >= 4 is 6.21 Å². The van der Waals surface area contributed by atoms with E-state index >= 15 is 0 Å². The number of hydrogen-bond donors (Lipinski definition) is 1. The molecular weight excluding hydrogens is 387 g/mol. The smallest absolute Gasteiger partial charge is 0.227 e. The molecule has 0 aliphatic heterocycles. The maximum Gasteiger partial charge on any atom is 0.227 e. The second kappa shape index (κ2) is 15.3. The van der Waals surface area contributed by atoms with Crippen molar-refractivity contribution in [2.24, 2.45) is 5.16 Å². The first-order chi connectivity index (χ1) is 10.4. The lowest BCUT2D eigenvalue weighted by Crippen LogP contribution is -3.00. The average molecular weight is 418 g/mol. The summed E-state index contributed by atoms with van der Waals surface area (Å²) in [4.78, 5) is 0. The minimum atomic E-state index is 0. The van der Waals surface area contributed by atoms with Crippen LogP contribution in [0.4, 0.5) is 0 Å². The van der Waals surface area contributed by atoms with Gasteiger partial charge in [-0.2, -0.15) is 4.57 Å². The molecule has 1 rings (SSSR count). The molecule has 0 aliphatic carbocycles. The van der Waals surface area contributed by atoms with E-state index in [1.54, 1.807) is 0 Å². The number of halogens is 1. The van der Waals surface area contributed by atoms with E-state index in [1.165, 1.54) is 70.4 Å². The minimum absolute atomic E-state index is 0. The summed E-state index contributed by atoms with van der Waals surface area (Å²) in [5.41, 5.74) is 0.955. The molecule has 1 N–H and O–H groups in total. The molecule has 0 aromatic carbocycles. The number of unbranched alkanes of at least 4 members (excludes halogenated alkanes) is 9. The van der Waals surface area contributed by atoms with E-state index in [1.807, 2.05) is 24.4 Å². The van der Waals surface area contributed by atoms with Gasteiger partial charge in [0.2, 0.25) is 5.69 Å². The summed E-state index contributed by atoms with van der Waals surface area (Å²) in [5, 5.41) is 11.8. The summed E-state index contributed by atoms with van der Waals surface area (Å²) in [6.07, 6.45) is 17.1. The molecule has 1 heterocycles. The Morgan fingerprint density at radius 2 is 1.55 bits per heavy atom. The Hall–Kier alpha value is -0.650. The lowest BCUT2D eigenvalue weighted by molar-refractivity contribution is -0.698. The zero-order chi connectivity index (χ0) is 15.2. The second-order valence-electron chi connectivity index (χ2n) is 5.75. The maximum absolute atomic E-state index is 8.65. The topological polar surface area (TPSA) is 36.5 Å². The molecule has 1 aromatic heterocycles. The fourth-order valence-corrected chi connectivity index (χ4v) is 2.64. The Morgan fingerprint density at radius 1 is 0.955 bits per heavy atom. The number of rotatable bonds is 12. The predicted octanol–water partition coefficient (Wildman–Crippen LogP) is 1.71. The Balaban J connectivity index is 0.00000441. The van der Waals surface area contributed by atoms with E-state index in [4.69, 9.17) is 5.21 Å². The van der Waals surface area contributed by atoms with Gasteiger partial charge in [0.05, 0.1) is 0 Å². The van der Waals surface area contributed by atoms with Crippen molar-refractivity contribution in [3.63, 3.8) is 0 Å². The molecule has 22 heavy (non-hydrogen) atoms. The zero-order valence-corrected chi connectivity index (χ0v) is 16.0. The molecule has 4 heteroatoms. The van der Waals surface area contributed by atoms with Crippen LogP contribution in [0.5, 0.6) is 0 Å². The minimum Gasteiger partial charge on any atom is -1.00 e. The van der Waals surface area contributed by atoms with Crippen molar-refractivity contribution in [3.8, 4) is 0 Å². The molecule has 1 aromatic rings. The number of oxime groups is 1. The largest absolute Gasteiger partial charge is 1.00 e. The van der Waals surface area contributed by atoms with Gasteiger partial charge in [0.15, 0.2) is 6.20 Å². The fourth-order valence-electron chi connectivity index (χ4n) is 2.64. The molecule has 0 aliphatic rings. The molecular formula is C18H31IN2O. The van der Waals surface area contributed by atoms with E-state index in [2.05, 4.69) is 16.6 Å². The summed E-state index contributed by atoms with van der Waals surface area (Å²) < 4.78 is 2.14. The molecule has 126 valence electrons. The molecule has 0 atom stereocenters. The molecule has 0 saturated carbocycles. The van der Waals surface area contributed by atoms with E-state index in [0.717, 1.165) is 12.2 Å². The third-order valence-electron chi connectivity index (χ3n) is 3.92. The molecule has 3 nitrogen and oxygen atoms in total. The summed E-state index contributed by atoms with van der Waals surface area (Å²) >= 11 is 0. The first-order valence-electron chi connectivity index (χ1n) is 8.54. The van der Waals surface area contributed by atoms with Gasteiger partial charge in [0.25, 0.3) is 0 Å². The lowest BCUT2D eigenvalue weighted by Gasteiger charge is -2.02. The number of pyridine rings is 1. The lowest BCUT2D eigenvalue weighted by atomic mass is 10.1. The summed E-state index contributed by atoms with van der Waals surface area (Å²) in [6.45, 7) is 3.27. The number of aryl methyl sites for hydroxylation is 1. The van der Waals surface area contributed by atoms with Crippen LogP contribution in [-0.2, 0) is 6.54 Å². The highest BCUT2D eigenvalue weighted by molar-refractivity contribution is 5.74. The van der Waals surface area contributed by atoms with Crippen molar-refractivity contribution in [1.82, 2.24) is 0 Å². The highest BCUT2D eigenvalue weighted by atomic mass is 127. The van der Waals surface area contributed by atoms with E-state index < -0.39 is 0 Å². The highest BCUT2D eigenvalue weighted by Crippen LogP contribution is 2.10. The third kappa shape index (κ3) is 10.1. The zero-order valence-electron chi connectivity index (χ0n) is 13.9. The van der Waals surface area contributed by atoms with Gasteiger partial charge in [-0.25, -0.2) is 0 Å². The van der Waals surface area contributed by atoms with E-state index in [0.29, 0.717) is 0 Å². The Labute approximate surface area is 152 Å². The second-order valence-corrected chi connectivity index (χ2v) is 5.75. The van der Waals surface area contributed by atoms with Crippen LogP contribution in [0, 0.1) is 0 Å². The van der Waals surface area contributed by atoms with Crippen molar-refractivity contribution in [1.29, 1.82) is 0 Å². The summed E-state index contributed by atoms with van der Waals surface area (Å²) in [5.74, 6) is 0. The summed E-state index contributed by atoms with van der Waals surface area (Å²) in [6, 6.07) is 5.95. The number of nitrogens with zero attached hydrogens (tertiary/aromatic N) is 2. The number of aromatic nitrogens is 1. The highest BCUT2D eigenvalue weighted by Gasteiger charge is 2.06. The quantitative estimate of drug-likeness (QED) is 0.138. The Morgan fingerprint density at radius 3 is 2.14 bits per heavy atom. The third-order valence-corrected chi connectivity index (χ3v) is 3.92. The molecule has 0 unspecified atom stereocenters. The van der Waals surface area contributed by atoms with Crippen LogP contribution in [0.15, 0.2) is 29.6 Å². The van der Waals surface area contributed by atoms with Crippen molar-refractivity contribution in [2.45, 2.75) is 77.7 Å². The molecule has 0 fully saturated rings. The normalized spacial score (nSPS) is 10.8. The standard InChI is InChI=1S/C18H30N2O.HI/c1-2-3-4-5-6-7-8-9-10-12-15-20-16-13-11-14-18(20)17-19-21;/h11,13-14,16-17H,2-10,12,15H2,1H3;1H. The van der Waals surface area contributed by atoms with Crippen LogP contribution in [0.2, 0.25) is 0 Å². The van der Waals surface area contributed by atoms with Gasteiger partial charge in [0.1, 0.15) is 12.8 Å². The van der Waals surface area contributed by atoms with Gasteiger partial charge in [-0.3, -0.25) is 0 Å². The fraction of sp³-hybridized carbons (Fsp3) is 0.667. The van der Waals surface area contributed by atoms with Crippen LogP contribution in [0.3, 0.4) is 0 Å². The van der Waals surface area contributed by atoms with Crippen LogP contribution >= 0.6 is 0 Å². The van der Waals surface area contributed by atoms with Crippen molar-refractivity contribution < 1.29 is 33.8 Å². The molecule has 0 amide bonds. The van der Waals surface area contributed by atoms with Crippen LogP contribution in [-0.4, -0.2) is 11.4 Å². The first-order valence-corrected chi connectivity index (χ1v) is 8.54. The Bertz CT molecular complexity index is 396. The predicted molar refractivity (Wildman–Crippen MR) is 87.9 cm³/mol. The number of hydrogen-bond acceptors (Lipinski definition) is 2. The molecule has 0 spiro atoms. The van der Waals surface area contributed by atoms with Gasteiger partial charge in [0, 0.05) is 18.6 Å². The average Bonchev–Trinajstić information content (AvgIpc) is 2.51. The van der Waals surface area contributed by atoms with E-state index in [-0.39, 0.29) is 24.0 Å². The Kier molecular flexibility index (Phi) is 14.8. The van der Waals surface area contributed by atoms with E-state index in [9.17, 15) is 0 Å². The van der Waals surface area contributed by atoms with Gasteiger partial charge in [-0.15, -0.1) is 0 Å². The first kappa shape index (κ1) is 21.4. The van der Waals surface area contributed by atoms with Gasteiger partial charge in [-0.1, -0.05) is 63.4 Å².